The zero-order chi connectivity index (χ0) is 20.3. The van der Waals surface area contributed by atoms with Crippen molar-refractivity contribution in [3.05, 3.63) is 54.6 Å². The van der Waals surface area contributed by atoms with Crippen molar-refractivity contribution in [1.29, 1.82) is 0 Å². The lowest BCUT2D eigenvalue weighted by Gasteiger charge is -2.19. The highest BCUT2D eigenvalue weighted by molar-refractivity contribution is 5.91. The molecule has 1 aliphatic rings. The highest BCUT2D eigenvalue weighted by atomic mass is 19.4. The van der Waals surface area contributed by atoms with Gasteiger partial charge in [0.05, 0.1) is 17.5 Å². The summed E-state index contributed by atoms with van der Waals surface area (Å²) in [5, 5.41) is 11.6. The molecule has 1 heterocycles. The molecule has 0 aliphatic carbocycles. The number of anilines is 1. The van der Waals surface area contributed by atoms with E-state index in [1.165, 1.54) is 0 Å². The number of ether oxygens (including phenoxy) is 1. The molecule has 2 N–H and O–H groups in total. The fourth-order valence-electron chi connectivity index (χ4n) is 3.02. The number of carbonyl (C=O) groups excluding carboxylic acids is 1. The molecule has 2 atom stereocenters. The molecule has 1 aliphatic heterocycles. The summed E-state index contributed by atoms with van der Waals surface area (Å²) in [5.41, 5.74) is 0.263. The number of hydrogen-bond acceptors (Lipinski definition) is 3. The minimum atomic E-state index is -4.70. The summed E-state index contributed by atoms with van der Waals surface area (Å²) in [6, 6.07) is 14.4. The highest BCUT2D eigenvalue weighted by Crippen LogP contribution is 2.38. The maximum Gasteiger partial charge on any atom is 0.394 e. The number of alkyl halides is 3. The van der Waals surface area contributed by atoms with Gasteiger partial charge in [0.2, 0.25) is 0 Å². The largest absolute Gasteiger partial charge is 0.481 e. The zero-order valence-corrected chi connectivity index (χ0v) is 14.5. The molecule has 1 fully saturated rings. The van der Waals surface area contributed by atoms with Crippen LogP contribution in [0.3, 0.4) is 0 Å². The second-order valence-corrected chi connectivity index (χ2v) is 6.34. The van der Waals surface area contributed by atoms with Crippen LogP contribution in [0.4, 0.5) is 23.7 Å². The predicted molar refractivity (Wildman–Crippen MR) is 94.2 cm³/mol. The quantitative estimate of drug-likeness (QED) is 0.815. The summed E-state index contributed by atoms with van der Waals surface area (Å²) in [6.45, 7) is -1.24. The molecular weight excluding hydrogens is 377 g/mol. The normalized spacial score (nSPS) is 19.3. The van der Waals surface area contributed by atoms with E-state index in [-0.39, 0.29) is 5.69 Å². The first-order valence-corrected chi connectivity index (χ1v) is 8.43. The minimum Gasteiger partial charge on any atom is -0.481 e. The molecule has 0 spiro atoms. The van der Waals surface area contributed by atoms with Crippen molar-refractivity contribution in [3.63, 3.8) is 0 Å². The van der Waals surface area contributed by atoms with Gasteiger partial charge in [0.1, 0.15) is 5.75 Å². The molecule has 1 saturated heterocycles. The Labute approximate surface area is 158 Å². The first kappa shape index (κ1) is 19.5. The van der Waals surface area contributed by atoms with Crippen molar-refractivity contribution in [1.82, 2.24) is 4.90 Å². The molecule has 2 amide bonds. The van der Waals surface area contributed by atoms with Crippen LogP contribution >= 0.6 is 0 Å². The maximum atomic E-state index is 13.1. The number of nitrogens with one attached hydrogen (secondary N) is 1. The van der Waals surface area contributed by atoms with E-state index in [9.17, 15) is 22.8 Å². The molecule has 2 aromatic rings. The number of carboxylic acids is 1. The summed E-state index contributed by atoms with van der Waals surface area (Å²) in [7, 11) is 0. The van der Waals surface area contributed by atoms with Gasteiger partial charge < -0.3 is 20.1 Å². The van der Waals surface area contributed by atoms with Gasteiger partial charge in [-0.25, -0.2) is 4.79 Å². The fraction of sp³-hybridized carbons (Fsp3) is 0.263. The molecule has 0 radical (unpaired) electrons. The van der Waals surface area contributed by atoms with Crippen LogP contribution in [0.1, 0.15) is 0 Å². The van der Waals surface area contributed by atoms with Crippen molar-refractivity contribution in [2.24, 2.45) is 11.8 Å². The maximum absolute atomic E-state index is 13.1. The monoisotopic (exact) mass is 394 g/mol. The number of aliphatic carboxylic acids is 1. The molecule has 148 valence electrons. The van der Waals surface area contributed by atoms with E-state index >= 15 is 0 Å². The van der Waals surface area contributed by atoms with Crippen LogP contribution < -0.4 is 10.1 Å². The van der Waals surface area contributed by atoms with Gasteiger partial charge in [-0.3, -0.25) is 4.79 Å². The first-order valence-electron chi connectivity index (χ1n) is 8.43. The van der Waals surface area contributed by atoms with Crippen LogP contribution in [0, 0.1) is 11.8 Å². The van der Waals surface area contributed by atoms with Crippen LogP contribution in [0.25, 0.3) is 0 Å². The molecule has 28 heavy (non-hydrogen) atoms. The molecule has 6 nitrogen and oxygen atoms in total. The summed E-state index contributed by atoms with van der Waals surface area (Å²) in [6.07, 6.45) is -4.70. The molecule has 0 bridgehead atoms. The Morgan fingerprint density at radius 2 is 1.68 bits per heavy atom. The molecule has 3 rings (SSSR count). The predicted octanol–water partition coefficient (Wildman–Crippen LogP) is 4.21. The molecule has 0 aromatic heterocycles. The number of hydrogen-bond donors (Lipinski definition) is 2. The third-order valence-electron chi connectivity index (χ3n) is 4.44. The van der Waals surface area contributed by atoms with E-state index in [1.54, 1.807) is 48.5 Å². The van der Waals surface area contributed by atoms with Gasteiger partial charge in [0.15, 0.2) is 5.75 Å². The van der Waals surface area contributed by atoms with Crippen LogP contribution in [0.2, 0.25) is 0 Å². The standard InChI is InChI=1S/C19H17F3N2O4/c20-19(21,22)14-11-24(10-13(14)17(25)26)18(27)23-15-8-4-5-9-16(15)28-12-6-2-1-3-7-12/h1-9,13-14H,10-11H2,(H,23,27)(H,25,26)/t13-,14-/m1/s1. The van der Waals surface area contributed by atoms with Gasteiger partial charge in [-0.1, -0.05) is 30.3 Å². The lowest BCUT2D eigenvalue weighted by atomic mass is 9.96. The highest BCUT2D eigenvalue weighted by Gasteiger charge is 2.53. The Kier molecular flexibility index (Phi) is 5.43. The van der Waals surface area contributed by atoms with E-state index in [1.807, 2.05) is 6.07 Å². The lowest BCUT2D eigenvalue weighted by Crippen LogP contribution is -2.35. The van der Waals surface area contributed by atoms with E-state index in [0.29, 0.717) is 11.5 Å². The topological polar surface area (TPSA) is 78.9 Å². The van der Waals surface area contributed by atoms with Gasteiger partial charge in [-0.2, -0.15) is 13.2 Å². The summed E-state index contributed by atoms with van der Waals surface area (Å²) in [4.78, 5) is 24.5. The number of nitrogens with zero attached hydrogens (tertiary/aromatic N) is 1. The Morgan fingerprint density at radius 3 is 2.29 bits per heavy atom. The van der Waals surface area contributed by atoms with Crippen LogP contribution in [-0.4, -0.2) is 41.3 Å². The number of likely N-dealkylation sites (tertiary alicyclic amines) is 1. The Balaban J connectivity index is 1.74. The fourth-order valence-corrected chi connectivity index (χ4v) is 3.02. The van der Waals surface area contributed by atoms with Gasteiger partial charge >= 0.3 is 18.2 Å². The number of para-hydroxylation sites is 3. The van der Waals surface area contributed by atoms with E-state index in [2.05, 4.69) is 5.32 Å². The molecule has 9 heteroatoms. The Morgan fingerprint density at radius 1 is 1.04 bits per heavy atom. The van der Waals surface area contributed by atoms with Crippen molar-refractivity contribution in [2.75, 3.05) is 18.4 Å². The molecule has 0 unspecified atom stereocenters. The van der Waals surface area contributed by atoms with Crippen LogP contribution in [0.5, 0.6) is 11.5 Å². The minimum absolute atomic E-state index is 0.263. The Bertz CT molecular complexity index is 858. The molecule has 2 aromatic carbocycles. The summed E-state index contributed by atoms with van der Waals surface area (Å²) < 4.78 is 45.0. The number of rotatable bonds is 4. The third kappa shape index (κ3) is 4.36. The summed E-state index contributed by atoms with van der Waals surface area (Å²) in [5.74, 6) is -4.55. The van der Waals surface area contributed by atoms with Crippen molar-refractivity contribution in [2.45, 2.75) is 6.18 Å². The number of halogens is 3. The number of amides is 2. The second kappa shape index (κ2) is 7.79. The molecule has 0 saturated carbocycles. The first-order chi connectivity index (χ1) is 13.3. The van der Waals surface area contributed by atoms with E-state index in [4.69, 9.17) is 9.84 Å². The second-order valence-electron chi connectivity index (χ2n) is 6.34. The van der Waals surface area contributed by atoms with Gasteiger partial charge in [-0.15, -0.1) is 0 Å². The third-order valence-corrected chi connectivity index (χ3v) is 4.44. The smallest absolute Gasteiger partial charge is 0.394 e. The lowest BCUT2D eigenvalue weighted by molar-refractivity contribution is -0.187. The van der Waals surface area contributed by atoms with Gasteiger partial charge in [0, 0.05) is 13.1 Å². The van der Waals surface area contributed by atoms with Gasteiger partial charge in [-0.05, 0) is 24.3 Å². The molecular formula is C19H17F3N2O4. The SMILES string of the molecule is O=C(O)[C@@H]1CN(C(=O)Nc2ccccc2Oc2ccccc2)C[C@H]1C(F)(F)F. The Hall–Kier alpha value is -3.23. The number of benzene rings is 2. The van der Waals surface area contributed by atoms with E-state index < -0.39 is 43.1 Å². The average Bonchev–Trinajstić information content (AvgIpc) is 3.11. The van der Waals surface area contributed by atoms with Crippen molar-refractivity contribution < 1.29 is 32.6 Å². The number of carboxylic acid groups (broad SMARTS) is 1. The van der Waals surface area contributed by atoms with Gasteiger partial charge in [0.25, 0.3) is 0 Å². The average molecular weight is 394 g/mol. The van der Waals surface area contributed by atoms with Crippen molar-refractivity contribution in [3.8, 4) is 11.5 Å². The summed E-state index contributed by atoms with van der Waals surface area (Å²) >= 11 is 0. The number of urea groups is 1. The van der Waals surface area contributed by atoms with Crippen LogP contribution in [0.15, 0.2) is 54.6 Å². The number of carbonyl (C=O) groups is 2. The van der Waals surface area contributed by atoms with E-state index in [0.717, 1.165) is 4.90 Å². The zero-order valence-electron chi connectivity index (χ0n) is 14.5. The van der Waals surface area contributed by atoms with Crippen molar-refractivity contribution >= 4 is 17.7 Å². The van der Waals surface area contributed by atoms with Crippen LogP contribution in [-0.2, 0) is 4.79 Å².